The molecule has 0 radical (unpaired) electrons. The maximum Gasteiger partial charge on any atom is 0.0178 e. The lowest BCUT2D eigenvalue weighted by Crippen LogP contribution is -1.92. The van der Waals surface area contributed by atoms with E-state index in [2.05, 4.69) is 81.2 Å². The number of halogens is 2. The van der Waals surface area contributed by atoms with Gasteiger partial charge in [0, 0.05) is 8.95 Å². The smallest absolute Gasteiger partial charge is 0.0178 e. The Bertz CT molecular complexity index is 602. The van der Waals surface area contributed by atoms with Gasteiger partial charge in [-0.1, -0.05) is 102 Å². The average Bonchev–Trinajstić information content (AvgIpc) is 2.58. The van der Waals surface area contributed by atoms with Crippen LogP contribution in [0.4, 0.5) is 0 Å². The first-order valence-corrected chi connectivity index (χ1v) is 10.8. The summed E-state index contributed by atoms with van der Waals surface area (Å²) in [6, 6.07) is 15.3. The second kappa shape index (κ2) is 11.1. The molecule has 0 aliphatic rings. The Hall–Kier alpha value is -0.600. The predicted molar refractivity (Wildman–Crippen MR) is 114 cm³/mol. The van der Waals surface area contributed by atoms with Crippen LogP contribution in [-0.2, 0) is 6.42 Å². The van der Waals surface area contributed by atoms with E-state index in [4.69, 9.17) is 0 Å². The molecule has 24 heavy (non-hydrogen) atoms. The Kier molecular flexibility index (Phi) is 9.12. The summed E-state index contributed by atoms with van der Waals surface area (Å²) < 4.78 is 2.31. The molecule has 0 spiro atoms. The van der Waals surface area contributed by atoms with Gasteiger partial charge in [0.2, 0.25) is 0 Å². The molecule has 0 bridgehead atoms. The van der Waals surface area contributed by atoms with Crippen LogP contribution in [0.5, 0.6) is 0 Å². The Morgan fingerprint density at radius 3 is 1.92 bits per heavy atom. The third kappa shape index (κ3) is 6.72. The van der Waals surface area contributed by atoms with E-state index in [-0.39, 0.29) is 0 Å². The first-order chi connectivity index (χ1) is 11.7. The molecule has 0 heterocycles. The van der Waals surface area contributed by atoms with Gasteiger partial charge >= 0.3 is 0 Å². The van der Waals surface area contributed by atoms with E-state index in [0.29, 0.717) is 0 Å². The fourth-order valence-electron chi connectivity index (χ4n) is 3.13. The summed E-state index contributed by atoms with van der Waals surface area (Å²) in [7, 11) is 0. The van der Waals surface area contributed by atoms with Crippen molar-refractivity contribution in [2.75, 3.05) is 0 Å². The zero-order valence-electron chi connectivity index (χ0n) is 14.7. The van der Waals surface area contributed by atoms with E-state index in [0.717, 1.165) is 4.47 Å². The summed E-state index contributed by atoms with van der Waals surface area (Å²) in [6.45, 7) is 2.28. The van der Waals surface area contributed by atoms with Gasteiger partial charge in [0.1, 0.15) is 0 Å². The molecule has 0 saturated heterocycles. The van der Waals surface area contributed by atoms with Crippen LogP contribution >= 0.6 is 31.9 Å². The van der Waals surface area contributed by atoms with Crippen LogP contribution in [0.2, 0.25) is 0 Å². The maximum absolute atomic E-state index is 3.63. The fraction of sp³-hybridized carbons (Fsp3) is 0.455. The molecule has 0 unspecified atom stereocenters. The summed E-state index contributed by atoms with van der Waals surface area (Å²) in [5.41, 5.74) is 4.13. The van der Waals surface area contributed by atoms with E-state index in [1.54, 1.807) is 0 Å². The highest BCUT2D eigenvalue weighted by Gasteiger charge is 2.06. The van der Waals surface area contributed by atoms with Gasteiger partial charge in [0.25, 0.3) is 0 Å². The van der Waals surface area contributed by atoms with Gasteiger partial charge in [0.05, 0.1) is 0 Å². The van der Waals surface area contributed by atoms with E-state index >= 15 is 0 Å². The zero-order chi connectivity index (χ0) is 17.2. The molecular formula is C22H28Br2. The van der Waals surface area contributed by atoms with Crippen molar-refractivity contribution in [1.82, 2.24) is 0 Å². The fourth-order valence-corrected chi connectivity index (χ4v) is 3.80. The number of aryl methyl sites for hydroxylation is 1. The van der Waals surface area contributed by atoms with Crippen molar-refractivity contribution in [3.63, 3.8) is 0 Å². The minimum atomic E-state index is 1.13. The van der Waals surface area contributed by atoms with Gasteiger partial charge in [0.15, 0.2) is 0 Å². The third-order valence-electron chi connectivity index (χ3n) is 4.52. The molecule has 2 aromatic rings. The molecule has 0 atom stereocenters. The number of rotatable bonds is 10. The molecule has 0 saturated carbocycles. The topological polar surface area (TPSA) is 0 Å². The van der Waals surface area contributed by atoms with Crippen LogP contribution in [0.15, 0.2) is 51.4 Å². The molecule has 2 heteroatoms. The normalized spacial score (nSPS) is 11.0. The van der Waals surface area contributed by atoms with Crippen LogP contribution in [0.25, 0.3) is 11.1 Å². The third-order valence-corrected chi connectivity index (χ3v) is 5.54. The van der Waals surface area contributed by atoms with Crippen molar-refractivity contribution in [3.8, 4) is 11.1 Å². The Morgan fingerprint density at radius 1 is 0.667 bits per heavy atom. The second-order valence-electron chi connectivity index (χ2n) is 6.53. The molecular weight excluding hydrogens is 424 g/mol. The molecule has 2 rings (SSSR count). The van der Waals surface area contributed by atoms with Crippen molar-refractivity contribution >= 4 is 31.9 Å². The highest BCUT2D eigenvalue weighted by Crippen LogP contribution is 2.29. The highest BCUT2D eigenvalue weighted by molar-refractivity contribution is 9.10. The van der Waals surface area contributed by atoms with E-state index in [1.807, 2.05) is 0 Å². The SMILES string of the molecule is CCCCCCCCCCc1cc(Br)ccc1-c1ccc(Br)cc1. The molecule has 0 amide bonds. The van der Waals surface area contributed by atoms with Crippen molar-refractivity contribution in [2.24, 2.45) is 0 Å². The molecule has 0 aliphatic carbocycles. The second-order valence-corrected chi connectivity index (χ2v) is 8.36. The maximum atomic E-state index is 3.63. The van der Waals surface area contributed by atoms with Crippen LogP contribution in [-0.4, -0.2) is 0 Å². The number of benzene rings is 2. The van der Waals surface area contributed by atoms with Gasteiger partial charge in [-0.2, -0.15) is 0 Å². The minimum Gasteiger partial charge on any atom is -0.0654 e. The zero-order valence-corrected chi connectivity index (χ0v) is 17.8. The monoisotopic (exact) mass is 450 g/mol. The lowest BCUT2D eigenvalue weighted by Gasteiger charge is -2.11. The summed E-state index contributed by atoms with van der Waals surface area (Å²) in [6.07, 6.45) is 12.1. The Morgan fingerprint density at radius 2 is 1.25 bits per heavy atom. The van der Waals surface area contributed by atoms with Crippen LogP contribution in [0, 0.1) is 0 Å². The van der Waals surface area contributed by atoms with E-state index in [1.165, 1.54) is 79.0 Å². The van der Waals surface area contributed by atoms with E-state index < -0.39 is 0 Å². The molecule has 0 aromatic heterocycles. The first kappa shape index (κ1) is 19.7. The summed E-state index contributed by atoms with van der Waals surface area (Å²) in [5.74, 6) is 0. The van der Waals surface area contributed by atoms with Gasteiger partial charge in [-0.25, -0.2) is 0 Å². The van der Waals surface area contributed by atoms with Gasteiger partial charge in [-0.05, 0) is 53.8 Å². The van der Waals surface area contributed by atoms with Crippen LogP contribution in [0.3, 0.4) is 0 Å². The lowest BCUT2D eigenvalue weighted by atomic mass is 9.95. The Labute approximate surface area is 164 Å². The van der Waals surface area contributed by atoms with Crippen molar-refractivity contribution in [3.05, 3.63) is 57.0 Å². The molecule has 0 nitrogen and oxygen atoms in total. The minimum absolute atomic E-state index is 1.13. The molecule has 130 valence electrons. The number of hydrogen-bond donors (Lipinski definition) is 0. The summed E-state index contributed by atoms with van der Waals surface area (Å²) in [5, 5.41) is 0. The van der Waals surface area contributed by atoms with Gasteiger partial charge < -0.3 is 0 Å². The summed E-state index contributed by atoms with van der Waals surface area (Å²) >= 11 is 7.15. The quantitative estimate of drug-likeness (QED) is 0.317. The first-order valence-electron chi connectivity index (χ1n) is 9.25. The van der Waals surface area contributed by atoms with Crippen molar-refractivity contribution in [1.29, 1.82) is 0 Å². The van der Waals surface area contributed by atoms with Gasteiger partial charge in [-0.3, -0.25) is 0 Å². The Balaban J connectivity index is 1.88. The van der Waals surface area contributed by atoms with Gasteiger partial charge in [-0.15, -0.1) is 0 Å². The molecule has 0 fully saturated rings. The standard InChI is InChI=1S/C22H28Br2/c1-2-3-4-5-6-7-8-9-10-19-17-21(24)15-16-22(19)18-11-13-20(23)14-12-18/h11-17H,2-10H2,1H3. The molecule has 0 aliphatic heterocycles. The highest BCUT2D eigenvalue weighted by atomic mass is 79.9. The average molecular weight is 452 g/mol. The summed E-state index contributed by atoms with van der Waals surface area (Å²) in [4.78, 5) is 0. The largest absolute Gasteiger partial charge is 0.0654 e. The van der Waals surface area contributed by atoms with Crippen molar-refractivity contribution < 1.29 is 0 Å². The van der Waals surface area contributed by atoms with Crippen LogP contribution < -0.4 is 0 Å². The van der Waals surface area contributed by atoms with Crippen LogP contribution in [0.1, 0.15) is 63.9 Å². The van der Waals surface area contributed by atoms with Crippen molar-refractivity contribution in [2.45, 2.75) is 64.7 Å². The number of hydrogen-bond acceptors (Lipinski definition) is 0. The molecule has 0 N–H and O–H groups in total. The van der Waals surface area contributed by atoms with E-state index in [9.17, 15) is 0 Å². The molecule has 2 aromatic carbocycles. The lowest BCUT2D eigenvalue weighted by molar-refractivity contribution is 0.575. The number of unbranched alkanes of at least 4 members (excludes halogenated alkanes) is 7. The predicted octanol–water partition coefficient (Wildman–Crippen LogP) is 8.56.